The molecule has 0 aromatic heterocycles. The predicted octanol–water partition coefficient (Wildman–Crippen LogP) is 5.76. The molecule has 0 spiro atoms. The van der Waals surface area contributed by atoms with Crippen LogP contribution in [0.5, 0.6) is 11.5 Å². The van der Waals surface area contributed by atoms with Gasteiger partial charge < -0.3 is 9.47 Å². The number of nitrogens with zero attached hydrogens (tertiary/aromatic N) is 1. The van der Waals surface area contributed by atoms with E-state index in [1.54, 1.807) is 18.3 Å². The van der Waals surface area contributed by atoms with Crippen LogP contribution in [0.3, 0.4) is 0 Å². The van der Waals surface area contributed by atoms with Crippen LogP contribution in [-0.2, 0) is 6.61 Å². The van der Waals surface area contributed by atoms with Crippen LogP contribution in [0.2, 0.25) is 5.02 Å². The Morgan fingerprint density at radius 1 is 1.10 bits per heavy atom. The van der Waals surface area contributed by atoms with Crippen molar-refractivity contribution in [3.63, 3.8) is 0 Å². The van der Waals surface area contributed by atoms with Crippen LogP contribution < -0.4 is 14.9 Å². The molecule has 0 bridgehead atoms. The van der Waals surface area contributed by atoms with Gasteiger partial charge in [-0.25, -0.2) is 5.43 Å². The second-order valence-electron chi connectivity index (χ2n) is 6.50. The first-order valence-corrected chi connectivity index (χ1v) is 10.3. The lowest BCUT2D eigenvalue weighted by Gasteiger charge is -2.10. The zero-order chi connectivity index (χ0) is 21.5. The Labute approximate surface area is 188 Å². The minimum absolute atomic E-state index is 0.360. The van der Waals surface area contributed by atoms with Crippen molar-refractivity contribution in [2.75, 3.05) is 7.11 Å². The fourth-order valence-electron chi connectivity index (χ4n) is 2.70. The van der Waals surface area contributed by atoms with Gasteiger partial charge in [0.05, 0.1) is 18.9 Å². The van der Waals surface area contributed by atoms with Crippen molar-refractivity contribution in [2.24, 2.45) is 5.10 Å². The molecule has 3 aromatic rings. The average molecular weight is 488 g/mol. The lowest BCUT2D eigenvalue weighted by atomic mass is 10.1. The Kier molecular flexibility index (Phi) is 7.49. The average Bonchev–Trinajstić information content (AvgIpc) is 2.74. The number of methoxy groups -OCH3 is 1. The minimum atomic E-state index is -0.360. The standard InChI is InChI=1S/C23H20BrClN2O3/c1-15-3-9-20(22(11-15)29-2)23(28)27-26-13-17-12-18(24)6-10-21(17)30-14-16-4-7-19(25)8-5-16/h3-13H,14H2,1-2H3,(H,27,28)/b26-13-. The molecule has 0 saturated heterocycles. The van der Waals surface area contributed by atoms with E-state index in [9.17, 15) is 4.79 Å². The zero-order valence-electron chi connectivity index (χ0n) is 16.5. The van der Waals surface area contributed by atoms with Crippen molar-refractivity contribution in [1.82, 2.24) is 5.43 Å². The smallest absolute Gasteiger partial charge is 0.275 e. The number of aryl methyl sites for hydroxylation is 1. The number of rotatable bonds is 7. The highest BCUT2D eigenvalue weighted by atomic mass is 79.9. The normalized spacial score (nSPS) is 10.8. The summed E-state index contributed by atoms with van der Waals surface area (Å²) in [4.78, 5) is 12.5. The Morgan fingerprint density at radius 2 is 1.87 bits per heavy atom. The van der Waals surface area contributed by atoms with Crippen LogP contribution >= 0.6 is 27.5 Å². The van der Waals surface area contributed by atoms with E-state index < -0.39 is 0 Å². The van der Waals surface area contributed by atoms with E-state index in [1.165, 1.54) is 7.11 Å². The molecule has 1 amide bonds. The monoisotopic (exact) mass is 486 g/mol. The van der Waals surface area contributed by atoms with Crippen molar-refractivity contribution < 1.29 is 14.3 Å². The SMILES string of the molecule is COc1cc(C)ccc1C(=O)N/N=C\c1cc(Br)ccc1OCc1ccc(Cl)cc1. The maximum atomic E-state index is 12.5. The molecular formula is C23H20BrClN2O3. The zero-order valence-corrected chi connectivity index (χ0v) is 18.8. The molecule has 0 radical (unpaired) electrons. The van der Waals surface area contributed by atoms with Crippen molar-refractivity contribution in [2.45, 2.75) is 13.5 Å². The van der Waals surface area contributed by atoms with Crippen molar-refractivity contribution in [3.8, 4) is 11.5 Å². The fraction of sp³-hybridized carbons (Fsp3) is 0.130. The molecule has 1 N–H and O–H groups in total. The molecule has 0 aliphatic carbocycles. The van der Waals surface area contributed by atoms with Gasteiger partial charge in [0.2, 0.25) is 0 Å². The van der Waals surface area contributed by atoms with E-state index in [-0.39, 0.29) is 5.91 Å². The summed E-state index contributed by atoms with van der Waals surface area (Å²) in [7, 11) is 1.53. The topological polar surface area (TPSA) is 59.9 Å². The summed E-state index contributed by atoms with van der Waals surface area (Å²) in [5.74, 6) is 0.776. The summed E-state index contributed by atoms with van der Waals surface area (Å²) in [6.07, 6.45) is 1.54. The molecule has 0 heterocycles. The lowest BCUT2D eigenvalue weighted by Crippen LogP contribution is -2.18. The van der Waals surface area contributed by atoms with E-state index in [2.05, 4.69) is 26.5 Å². The van der Waals surface area contributed by atoms with Crippen LogP contribution in [0, 0.1) is 6.92 Å². The third kappa shape index (κ3) is 5.84. The van der Waals surface area contributed by atoms with Crippen LogP contribution in [0.4, 0.5) is 0 Å². The quantitative estimate of drug-likeness (QED) is 0.340. The fourth-order valence-corrected chi connectivity index (χ4v) is 3.20. The number of hydrogen-bond acceptors (Lipinski definition) is 4. The highest BCUT2D eigenvalue weighted by molar-refractivity contribution is 9.10. The Balaban J connectivity index is 1.71. The number of ether oxygens (including phenoxy) is 2. The summed E-state index contributed by atoms with van der Waals surface area (Å²) >= 11 is 9.37. The largest absolute Gasteiger partial charge is 0.496 e. The third-order valence-corrected chi connectivity index (χ3v) is 5.00. The summed E-state index contributed by atoms with van der Waals surface area (Å²) < 4.78 is 12.1. The molecule has 0 atom stereocenters. The Bertz CT molecular complexity index is 1070. The third-order valence-electron chi connectivity index (χ3n) is 4.25. The second-order valence-corrected chi connectivity index (χ2v) is 7.85. The summed E-state index contributed by atoms with van der Waals surface area (Å²) in [5, 5.41) is 4.76. The van der Waals surface area contributed by atoms with Crippen LogP contribution in [-0.4, -0.2) is 19.2 Å². The van der Waals surface area contributed by atoms with Crippen LogP contribution in [0.15, 0.2) is 70.2 Å². The number of carbonyl (C=O) groups is 1. The summed E-state index contributed by atoms with van der Waals surface area (Å²) in [6, 6.07) is 18.4. The maximum absolute atomic E-state index is 12.5. The van der Waals surface area contributed by atoms with Crippen LogP contribution in [0.1, 0.15) is 27.0 Å². The molecule has 0 saturated carbocycles. The van der Waals surface area contributed by atoms with E-state index in [4.69, 9.17) is 21.1 Å². The first-order valence-electron chi connectivity index (χ1n) is 9.11. The van der Waals surface area contributed by atoms with Gasteiger partial charge in [-0.15, -0.1) is 0 Å². The highest BCUT2D eigenvalue weighted by Crippen LogP contribution is 2.23. The first-order chi connectivity index (χ1) is 14.5. The van der Waals surface area contributed by atoms with E-state index in [0.29, 0.717) is 28.7 Å². The van der Waals surface area contributed by atoms with Gasteiger partial charge >= 0.3 is 0 Å². The van der Waals surface area contributed by atoms with Crippen molar-refractivity contribution >= 4 is 39.7 Å². The second kappa shape index (κ2) is 10.3. The molecule has 30 heavy (non-hydrogen) atoms. The van der Waals surface area contributed by atoms with Gasteiger partial charge in [0.1, 0.15) is 18.1 Å². The molecule has 0 unspecified atom stereocenters. The van der Waals surface area contributed by atoms with Gasteiger partial charge in [-0.1, -0.05) is 45.7 Å². The molecule has 154 valence electrons. The number of amides is 1. The van der Waals surface area contributed by atoms with E-state index in [1.807, 2.05) is 55.5 Å². The first kappa shape index (κ1) is 21.9. The number of hydrogen-bond donors (Lipinski definition) is 1. The number of benzene rings is 3. The van der Waals surface area contributed by atoms with Gasteiger partial charge in [0, 0.05) is 15.1 Å². The lowest BCUT2D eigenvalue weighted by molar-refractivity contribution is 0.0952. The highest BCUT2D eigenvalue weighted by Gasteiger charge is 2.11. The molecule has 0 fully saturated rings. The molecule has 5 nitrogen and oxygen atoms in total. The van der Waals surface area contributed by atoms with Gasteiger partial charge in [-0.2, -0.15) is 5.10 Å². The Hall–Kier alpha value is -2.83. The Morgan fingerprint density at radius 3 is 2.60 bits per heavy atom. The number of halogens is 2. The van der Waals surface area contributed by atoms with Crippen molar-refractivity contribution in [3.05, 3.63) is 92.4 Å². The minimum Gasteiger partial charge on any atom is -0.496 e. The molecule has 7 heteroatoms. The van der Waals surface area contributed by atoms with E-state index >= 15 is 0 Å². The molecular weight excluding hydrogens is 468 g/mol. The number of hydrazone groups is 1. The number of nitrogens with one attached hydrogen (secondary N) is 1. The van der Waals surface area contributed by atoms with Gasteiger partial charge in [0.25, 0.3) is 5.91 Å². The number of carbonyl (C=O) groups excluding carboxylic acids is 1. The summed E-state index contributed by atoms with van der Waals surface area (Å²) in [5.41, 5.74) is 5.66. The van der Waals surface area contributed by atoms with Gasteiger partial charge in [0.15, 0.2) is 0 Å². The maximum Gasteiger partial charge on any atom is 0.275 e. The predicted molar refractivity (Wildman–Crippen MR) is 123 cm³/mol. The molecule has 0 aliphatic rings. The van der Waals surface area contributed by atoms with Crippen LogP contribution in [0.25, 0.3) is 0 Å². The molecule has 3 aromatic carbocycles. The van der Waals surface area contributed by atoms with Crippen molar-refractivity contribution in [1.29, 1.82) is 0 Å². The molecule has 3 rings (SSSR count). The van der Waals surface area contributed by atoms with Gasteiger partial charge in [-0.05, 0) is 60.5 Å². The van der Waals surface area contributed by atoms with E-state index in [0.717, 1.165) is 21.2 Å². The molecule has 0 aliphatic heterocycles. The van der Waals surface area contributed by atoms with Gasteiger partial charge in [-0.3, -0.25) is 4.79 Å². The summed E-state index contributed by atoms with van der Waals surface area (Å²) in [6.45, 7) is 2.31.